The van der Waals surface area contributed by atoms with Crippen LogP contribution in [0.4, 0.5) is 5.82 Å². The summed E-state index contributed by atoms with van der Waals surface area (Å²) in [6, 6.07) is 8.60. The minimum absolute atomic E-state index is 0.725. The Morgan fingerprint density at radius 2 is 1.85 bits per heavy atom. The third-order valence-electron chi connectivity index (χ3n) is 3.39. The van der Waals surface area contributed by atoms with Gasteiger partial charge in [0.1, 0.15) is 5.82 Å². The highest BCUT2D eigenvalue weighted by molar-refractivity contribution is 5.62. The van der Waals surface area contributed by atoms with E-state index in [-0.39, 0.29) is 0 Å². The van der Waals surface area contributed by atoms with Gasteiger partial charge in [-0.1, -0.05) is 31.2 Å². The molecular weight excluding hydrogens is 250 g/mol. The number of anilines is 1. The van der Waals surface area contributed by atoms with Gasteiger partial charge in [0, 0.05) is 18.9 Å². The molecule has 0 bridgehead atoms. The van der Waals surface area contributed by atoms with Crippen molar-refractivity contribution in [2.75, 3.05) is 5.32 Å². The fourth-order valence-electron chi connectivity index (χ4n) is 2.14. The maximum absolute atomic E-state index is 4.33. The third kappa shape index (κ3) is 2.34. The van der Waals surface area contributed by atoms with Crippen LogP contribution in [0.1, 0.15) is 23.9 Å². The number of fused-ring (bicyclic) bond motifs is 1. The molecule has 102 valence electrons. The number of rotatable bonds is 4. The van der Waals surface area contributed by atoms with Crippen molar-refractivity contribution in [1.82, 2.24) is 19.6 Å². The molecule has 1 aromatic carbocycles. The van der Waals surface area contributed by atoms with Crippen LogP contribution in [0.2, 0.25) is 0 Å². The Morgan fingerprint density at radius 1 is 1.10 bits per heavy atom. The molecule has 3 rings (SSSR count). The van der Waals surface area contributed by atoms with E-state index in [9.17, 15) is 0 Å². The van der Waals surface area contributed by atoms with E-state index < -0.39 is 0 Å². The lowest BCUT2D eigenvalue weighted by molar-refractivity contribution is 1.000. The van der Waals surface area contributed by atoms with Crippen molar-refractivity contribution in [3.8, 4) is 0 Å². The second-order valence-electron chi connectivity index (χ2n) is 4.74. The summed E-state index contributed by atoms with van der Waals surface area (Å²) in [5, 5.41) is 11.5. The number of hydrogen-bond acceptors (Lipinski definition) is 4. The third-order valence-corrected chi connectivity index (χ3v) is 3.39. The van der Waals surface area contributed by atoms with E-state index in [1.54, 1.807) is 6.20 Å². The molecule has 0 amide bonds. The molecule has 2 heterocycles. The van der Waals surface area contributed by atoms with Crippen molar-refractivity contribution in [3.63, 3.8) is 0 Å². The number of aryl methyl sites for hydroxylation is 2. The van der Waals surface area contributed by atoms with E-state index >= 15 is 0 Å². The molecule has 0 saturated heterocycles. The summed E-state index contributed by atoms with van der Waals surface area (Å²) in [5.74, 6) is 1.62. The van der Waals surface area contributed by atoms with Crippen LogP contribution < -0.4 is 5.32 Å². The van der Waals surface area contributed by atoms with Crippen LogP contribution in [-0.4, -0.2) is 19.6 Å². The minimum Gasteiger partial charge on any atom is -0.363 e. The van der Waals surface area contributed by atoms with Crippen molar-refractivity contribution in [3.05, 3.63) is 53.6 Å². The number of nitrogens with zero attached hydrogens (tertiary/aromatic N) is 4. The Kier molecular flexibility index (Phi) is 3.33. The molecule has 2 aromatic heterocycles. The zero-order valence-electron chi connectivity index (χ0n) is 11.7. The molecule has 20 heavy (non-hydrogen) atoms. The SMILES string of the molecule is CCc1ccc(CNc2nccn3c(C)nnc23)cc1. The molecule has 0 radical (unpaired) electrons. The molecule has 0 aliphatic carbocycles. The summed E-state index contributed by atoms with van der Waals surface area (Å²) in [4.78, 5) is 4.33. The molecule has 0 aliphatic rings. The van der Waals surface area contributed by atoms with Crippen molar-refractivity contribution in [2.45, 2.75) is 26.8 Å². The first-order valence-corrected chi connectivity index (χ1v) is 6.76. The van der Waals surface area contributed by atoms with Crippen molar-refractivity contribution in [1.29, 1.82) is 0 Å². The van der Waals surface area contributed by atoms with Crippen LogP contribution in [0.25, 0.3) is 5.65 Å². The normalized spacial score (nSPS) is 10.9. The Hall–Kier alpha value is -2.43. The molecule has 5 nitrogen and oxygen atoms in total. The smallest absolute Gasteiger partial charge is 0.203 e. The van der Waals surface area contributed by atoms with E-state index in [4.69, 9.17) is 0 Å². The predicted molar refractivity (Wildman–Crippen MR) is 78.7 cm³/mol. The molecule has 0 unspecified atom stereocenters. The zero-order chi connectivity index (χ0) is 13.9. The van der Waals surface area contributed by atoms with Gasteiger partial charge < -0.3 is 5.32 Å². The molecule has 0 spiro atoms. The largest absolute Gasteiger partial charge is 0.363 e. The van der Waals surface area contributed by atoms with Gasteiger partial charge in [-0.25, -0.2) is 4.98 Å². The summed E-state index contributed by atoms with van der Waals surface area (Å²) in [6.45, 7) is 4.81. The number of nitrogens with one attached hydrogen (secondary N) is 1. The van der Waals surface area contributed by atoms with Crippen LogP contribution in [0.3, 0.4) is 0 Å². The lowest BCUT2D eigenvalue weighted by Crippen LogP contribution is -2.04. The Bertz CT molecular complexity index is 715. The molecule has 0 aliphatic heterocycles. The maximum Gasteiger partial charge on any atom is 0.203 e. The van der Waals surface area contributed by atoms with Gasteiger partial charge in [0.2, 0.25) is 5.65 Å². The van der Waals surface area contributed by atoms with E-state index in [1.165, 1.54) is 11.1 Å². The first-order chi connectivity index (χ1) is 9.78. The highest BCUT2D eigenvalue weighted by atomic mass is 15.3. The summed E-state index contributed by atoms with van der Waals surface area (Å²) in [7, 11) is 0. The first kappa shape index (κ1) is 12.6. The Balaban J connectivity index is 1.79. The fourth-order valence-corrected chi connectivity index (χ4v) is 2.14. The monoisotopic (exact) mass is 267 g/mol. The average molecular weight is 267 g/mol. The van der Waals surface area contributed by atoms with Crippen LogP contribution in [-0.2, 0) is 13.0 Å². The van der Waals surface area contributed by atoms with E-state index in [0.717, 1.165) is 30.3 Å². The van der Waals surface area contributed by atoms with Gasteiger partial charge in [0.05, 0.1) is 0 Å². The minimum atomic E-state index is 0.725. The summed E-state index contributed by atoms with van der Waals surface area (Å²) >= 11 is 0. The van der Waals surface area contributed by atoms with E-state index in [0.29, 0.717) is 0 Å². The maximum atomic E-state index is 4.33. The lowest BCUT2D eigenvalue weighted by Gasteiger charge is -2.07. The molecular formula is C15H17N5. The van der Waals surface area contributed by atoms with Gasteiger partial charge in [-0.3, -0.25) is 4.40 Å². The molecule has 0 atom stereocenters. The lowest BCUT2D eigenvalue weighted by atomic mass is 10.1. The fraction of sp³-hybridized carbons (Fsp3) is 0.267. The standard InChI is InChI=1S/C15H17N5/c1-3-12-4-6-13(7-5-12)10-17-14-15-19-18-11(2)20(15)9-8-16-14/h4-9H,3,10H2,1-2H3,(H,16,17). The topological polar surface area (TPSA) is 55.1 Å². The highest BCUT2D eigenvalue weighted by Gasteiger charge is 2.07. The molecule has 0 saturated carbocycles. The van der Waals surface area contributed by atoms with Crippen molar-refractivity contribution >= 4 is 11.5 Å². The second kappa shape index (κ2) is 5.28. The van der Waals surface area contributed by atoms with Crippen LogP contribution in [0.5, 0.6) is 0 Å². The number of benzene rings is 1. The van der Waals surface area contributed by atoms with Crippen molar-refractivity contribution < 1.29 is 0 Å². The first-order valence-electron chi connectivity index (χ1n) is 6.76. The molecule has 3 aromatic rings. The van der Waals surface area contributed by atoms with Gasteiger partial charge in [-0.15, -0.1) is 10.2 Å². The quantitative estimate of drug-likeness (QED) is 0.789. The van der Waals surface area contributed by atoms with Gasteiger partial charge in [-0.05, 0) is 24.5 Å². The summed E-state index contributed by atoms with van der Waals surface area (Å²) < 4.78 is 1.93. The van der Waals surface area contributed by atoms with E-state index in [2.05, 4.69) is 51.7 Å². The van der Waals surface area contributed by atoms with Gasteiger partial charge in [0.15, 0.2) is 5.82 Å². The molecule has 5 heteroatoms. The van der Waals surface area contributed by atoms with Crippen molar-refractivity contribution in [2.24, 2.45) is 0 Å². The van der Waals surface area contributed by atoms with Crippen LogP contribution in [0, 0.1) is 6.92 Å². The molecule has 0 fully saturated rings. The molecule has 1 N–H and O–H groups in total. The Labute approximate surface area is 117 Å². The zero-order valence-corrected chi connectivity index (χ0v) is 11.7. The van der Waals surface area contributed by atoms with Gasteiger partial charge in [-0.2, -0.15) is 0 Å². The number of aromatic nitrogens is 4. The summed E-state index contributed by atoms with van der Waals surface area (Å²) in [6.07, 6.45) is 4.69. The average Bonchev–Trinajstić information content (AvgIpc) is 2.88. The predicted octanol–water partition coefficient (Wildman–Crippen LogP) is 2.61. The Morgan fingerprint density at radius 3 is 2.60 bits per heavy atom. The van der Waals surface area contributed by atoms with Crippen LogP contribution >= 0.6 is 0 Å². The van der Waals surface area contributed by atoms with Gasteiger partial charge >= 0.3 is 0 Å². The second-order valence-corrected chi connectivity index (χ2v) is 4.74. The van der Waals surface area contributed by atoms with Gasteiger partial charge in [0.25, 0.3) is 0 Å². The van der Waals surface area contributed by atoms with E-state index in [1.807, 2.05) is 17.5 Å². The summed E-state index contributed by atoms with van der Waals surface area (Å²) in [5.41, 5.74) is 3.33. The highest BCUT2D eigenvalue weighted by Crippen LogP contribution is 2.13. The number of hydrogen-bond donors (Lipinski definition) is 1. The van der Waals surface area contributed by atoms with Crippen LogP contribution in [0.15, 0.2) is 36.7 Å².